The van der Waals surface area contributed by atoms with Crippen LogP contribution in [0.2, 0.25) is 0 Å². The van der Waals surface area contributed by atoms with E-state index in [4.69, 9.17) is 14.2 Å². The molecule has 0 saturated heterocycles. The number of hydrogen-bond donors (Lipinski definition) is 6. The maximum atomic E-state index is 13.8. The Bertz CT molecular complexity index is 3100. The molecule has 422 valence electrons. The minimum atomic E-state index is -1.36. The standard InChI is InChI=1S/C60H65N9O12/c1-9-60(37-79-55(76)64-48-27-21-26-47(36-48)63-54(75)69(42(4)72)51-32-17-12-18-33-51,38-80-56(77)65-58(5,6)43-22-19-24-45(34-43)61-52(73)67(40(2)70)49-28-13-10-14-29-49)39-81-57(78)66-59(7,8)44-23-20-25-46(35-44)62-53(74)68(41(3)71)50-30-15-11-16-31-50/h10-36H,9,37-39H2,1-8H3,(H,61,73)(H,62,74)(H,63,75)(H,64,76)(H,65,77)(H,66,78). The first-order chi connectivity index (χ1) is 38.5. The maximum Gasteiger partial charge on any atom is 0.411 e. The summed E-state index contributed by atoms with van der Waals surface area (Å²) >= 11 is 0. The molecule has 0 heterocycles. The zero-order valence-corrected chi connectivity index (χ0v) is 46.2. The van der Waals surface area contributed by atoms with Gasteiger partial charge in [0.1, 0.15) is 19.8 Å². The lowest BCUT2D eigenvalue weighted by molar-refractivity contribution is -0.116. The molecule has 0 aliphatic carbocycles. The van der Waals surface area contributed by atoms with E-state index in [2.05, 4.69) is 31.9 Å². The third kappa shape index (κ3) is 16.7. The molecular formula is C60H65N9O12. The van der Waals surface area contributed by atoms with Crippen molar-refractivity contribution in [2.45, 2.75) is 72.9 Å². The van der Waals surface area contributed by atoms with Crippen LogP contribution in [0, 0.1) is 5.41 Å². The summed E-state index contributed by atoms with van der Waals surface area (Å²) in [6, 6.07) is 42.4. The molecule has 81 heavy (non-hydrogen) atoms. The van der Waals surface area contributed by atoms with Crippen LogP contribution in [0.5, 0.6) is 0 Å². The molecule has 0 bridgehead atoms. The molecule has 0 aliphatic heterocycles. The summed E-state index contributed by atoms with van der Waals surface area (Å²) in [4.78, 5) is 121. The minimum Gasteiger partial charge on any atom is -0.449 e. The second-order valence-corrected chi connectivity index (χ2v) is 19.8. The maximum absolute atomic E-state index is 13.8. The van der Waals surface area contributed by atoms with E-state index in [1.54, 1.807) is 192 Å². The first-order valence-electron chi connectivity index (χ1n) is 25.6. The highest BCUT2D eigenvalue weighted by molar-refractivity contribution is 6.19. The fraction of sp³-hybridized carbons (Fsp3) is 0.250. The number of nitrogens with zero attached hydrogens (tertiary/aromatic N) is 3. The fourth-order valence-electron chi connectivity index (χ4n) is 8.21. The number of urea groups is 3. The molecule has 6 aromatic carbocycles. The highest BCUT2D eigenvalue weighted by Crippen LogP contribution is 2.30. The first kappa shape index (κ1) is 60.2. The van der Waals surface area contributed by atoms with Crippen molar-refractivity contribution in [1.29, 1.82) is 0 Å². The topological polar surface area (TPSA) is 263 Å². The van der Waals surface area contributed by atoms with Gasteiger partial charge in [0.2, 0.25) is 17.7 Å². The van der Waals surface area contributed by atoms with Crippen LogP contribution in [0.4, 0.5) is 68.6 Å². The number of rotatable bonds is 18. The summed E-state index contributed by atoms with van der Waals surface area (Å²) in [5.74, 6) is -1.54. The molecule has 21 heteroatoms. The van der Waals surface area contributed by atoms with Crippen molar-refractivity contribution >= 4 is 93.9 Å². The van der Waals surface area contributed by atoms with Crippen molar-refractivity contribution in [2.24, 2.45) is 5.41 Å². The summed E-state index contributed by atoms with van der Waals surface area (Å²) < 4.78 is 17.4. The highest BCUT2D eigenvalue weighted by Gasteiger charge is 2.37. The van der Waals surface area contributed by atoms with Crippen molar-refractivity contribution in [2.75, 3.05) is 55.8 Å². The molecule has 0 saturated carbocycles. The summed E-state index contributed by atoms with van der Waals surface area (Å²) in [5, 5.41) is 16.4. The Morgan fingerprint density at radius 3 is 1.00 bits per heavy atom. The van der Waals surface area contributed by atoms with Crippen molar-refractivity contribution in [1.82, 2.24) is 10.6 Å². The van der Waals surface area contributed by atoms with Gasteiger partial charge in [-0.25, -0.2) is 43.5 Å². The predicted molar refractivity (Wildman–Crippen MR) is 308 cm³/mol. The molecule has 0 aromatic heterocycles. The quantitative estimate of drug-likeness (QED) is 0.0439. The van der Waals surface area contributed by atoms with E-state index in [9.17, 15) is 43.2 Å². The van der Waals surface area contributed by atoms with Crippen LogP contribution >= 0.6 is 0 Å². The minimum absolute atomic E-state index is 0.132. The number of anilines is 7. The Hall–Kier alpha value is -10.1. The van der Waals surface area contributed by atoms with Gasteiger partial charge >= 0.3 is 36.4 Å². The number of carbonyl (C=O) groups excluding carboxylic acids is 9. The Kier molecular flexibility index (Phi) is 20.1. The number of nitrogens with one attached hydrogen (secondary N) is 6. The fourth-order valence-corrected chi connectivity index (χ4v) is 8.21. The zero-order chi connectivity index (χ0) is 58.9. The van der Waals surface area contributed by atoms with Crippen molar-refractivity contribution < 1.29 is 57.4 Å². The Balaban J connectivity index is 1.15. The monoisotopic (exact) mass is 1100 g/mol. The summed E-state index contributed by atoms with van der Waals surface area (Å²) in [5.41, 5.74) is -0.310. The number of amides is 12. The van der Waals surface area contributed by atoms with E-state index in [1.165, 1.54) is 26.8 Å². The molecular weight excluding hydrogens is 1040 g/mol. The van der Waals surface area contributed by atoms with E-state index < -0.39 is 90.4 Å². The van der Waals surface area contributed by atoms with Gasteiger partial charge in [0.25, 0.3) is 0 Å². The smallest absolute Gasteiger partial charge is 0.411 e. The number of hydrogen-bond acceptors (Lipinski definition) is 12. The van der Waals surface area contributed by atoms with Gasteiger partial charge in [0, 0.05) is 43.5 Å². The van der Waals surface area contributed by atoms with Crippen LogP contribution in [0.3, 0.4) is 0 Å². The molecule has 0 aliphatic rings. The number of para-hydroxylation sites is 3. The third-order valence-corrected chi connectivity index (χ3v) is 12.7. The van der Waals surface area contributed by atoms with Crippen LogP contribution in [0.15, 0.2) is 164 Å². The van der Waals surface area contributed by atoms with E-state index in [0.717, 1.165) is 14.7 Å². The van der Waals surface area contributed by atoms with E-state index in [-0.39, 0.29) is 17.8 Å². The van der Waals surface area contributed by atoms with Crippen molar-refractivity contribution in [3.05, 3.63) is 175 Å². The molecule has 0 spiro atoms. The Morgan fingerprint density at radius 2 is 0.679 bits per heavy atom. The lowest BCUT2D eigenvalue weighted by Crippen LogP contribution is -2.46. The average Bonchev–Trinajstić information content (AvgIpc) is 3.45. The van der Waals surface area contributed by atoms with Crippen LogP contribution in [-0.2, 0) is 39.7 Å². The lowest BCUT2D eigenvalue weighted by atomic mass is 9.88. The van der Waals surface area contributed by atoms with Crippen molar-refractivity contribution in [3.63, 3.8) is 0 Å². The van der Waals surface area contributed by atoms with Gasteiger partial charge < -0.3 is 40.8 Å². The van der Waals surface area contributed by atoms with E-state index in [0.29, 0.717) is 39.6 Å². The molecule has 6 aromatic rings. The van der Waals surface area contributed by atoms with Gasteiger partial charge in [-0.15, -0.1) is 0 Å². The normalized spacial score (nSPS) is 11.1. The van der Waals surface area contributed by atoms with Crippen LogP contribution in [0.1, 0.15) is 72.9 Å². The van der Waals surface area contributed by atoms with Gasteiger partial charge in [0.15, 0.2) is 0 Å². The Labute approximate surface area is 469 Å². The molecule has 21 nitrogen and oxygen atoms in total. The van der Waals surface area contributed by atoms with Crippen molar-refractivity contribution in [3.8, 4) is 0 Å². The summed E-state index contributed by atoms with van der Waals surface area (Å²) in [6.45, 7) is 11.0. The average molecular weight is 1100 g/mol. The molecule has 6 rings (SSSR count). The van der Waals surface area contributed by atoms with Gasteiger partial charge in [0.05, 0.1) is 33.6 Å². The van der Waals surface area contributed by atoms with Crippen LogP contribution < -0.4 is 46.6 Å². The summed E-state index contributed by atoms with van der Waals surface area (Å²) in [7, 11) is 0. The van der Waals surface area contributed by atoms with Gasteiger partial charge in [-0.1, -0.05) is 91.9 Å². The van der Waals surface area contributed by atoms with Crippen LogP contribution in [-0.4, -0.2) is 73.9 Å². The number of benzene rings is 6. The van der Waals surface area contributed by atoms with Gasteiger partial charge in [-0.2, -0.15) is 0 Å². The Morgan fingerprint density at radius 1 is 0.383 bits per heavy atom. The second-order valence-electron chi connectivity index (χ2n) is 19.8. The van der Waals surface area contributed by atoms with Gasteiger partial charge in [-0.3, -0.25) is 19.7 Å². The van der Waals surface area contributed by atoms with Crippen LogP contribution in [0.25, 0.3) is 0 Å². The van der Waals surface area contributed by atoms with E-state index in [1.807, 2.05) is 0 Å². The highest BCUT2D eigenvalue weighted by atomic mass is 16.6. The largest absolute Gasteiger partial charge is 0.449 e. The third-order valence-electron chi connectivity index (χ3n) is 12.7. The molecule has 0 unspecified atom stereocenters. The van der Waals surface area contributed by atoms with Gasteiger partial charge in [-0.05, 0) is 124 Å². The SMILES string of the molecule is CCC(COC(=O)Nc1cccc(NC(=O)N(C(C)=O)c2ccccc2)c1)(COC(=O)NC(C)(C)c1cccc(NC(=O)N(C(C)=O)c2ccccc2)c1)COC(=O)NC(C)(C)c1cccc(NC(=O)N(C(C)=O)c2ccccc2)c1. The summed E-state index contributed by atoms with van der Waals surface area (Å²) in [6.07, 6.45) is -2.62. The number of ether oxygens (including phenoxy) is 3. The molecule has 0 atom stereocenters. The number of alkyl carbamates (subject to hydrolysis) is 2. The second kappa shape index (κ2) is 27.0. The first-order valence-corrected chi connectivity index (χ1v) is 25.6. The predicted octanol–water partition coefficient (Wildman–Crippen LogP) is 11.7. The molecule has 12 amide bonds. The molecule has 0 fully saturated rings. The molecule has 6 N–H and O–H groups in total. The zero-order valence-electron chi connectivity index (χ0n) is 46.2. The molecule has 0 radical (unpaired) electrons. The number of imide groups is 3. The van der Waals surface area contributed by atoms with E-state index >= 15 is 0 Å². The lowest BCUT2D eigenvalue weighted by Gasteiger charge is -2.33. The number of carbonyl (C=O) groups is 9.